The number of hydrogen-bond donors (Lipinski definition) is 1. The molecule has 0 aliphatic rings. The van der Waals surface area contributed by atoms with E-state index >= 15 is 0 Å². The topological polar surface area (TPSA) is 49.0 Å². The summed E-state index contributed by atoms with van der Waals surface area (Å²) in [6.45, 7) is 5.10. The van der Waals surface area contributed by atoms with E-state index in [0.29, 0.717) is 0 Å². The fourth-order valence-corrected chi connectivity index (χ4v) is 1.55. The highest BCUT2D eigenvalue weighted by molar-refractivity contribution is 5.93. The molecule has 0 bridgehead atoms. The van der Waals surface area contributed by atoms with Crippen LogP contribution in [0.2, 0.25) is 0 Å². The third kappa shape index (κ3) is 2.33. The lowest BCUT2D eigenvalue weighted by Gasteiger charge is -2.11. The van der Waals surface area contributed by atoms with E-state index in [0.717, 1.165) is 22.4 Å². The standard InChI is InChI=1S/C11H14NO2/c1-7-4-8(2)11(9(3)5-7)12-10(14)6-13/h4-5H,6H2,1-3H3,(H,12,14). The molecule has 3 nitrogen and oxygen atoms in total. The van der Waals surface area contributed by atoms with Crippen molar-refractivity contribution in [3.8, 4) is 0 Å². The van der Waals surface area contributed by atoms with Crippen molar-refractivity contribution >= 4 is 11.6 Å². The molecule has 0 spiro atoms. The predicted molar refractivity (Wildman–Crippen MR) is 54.8 cm³/mol. The van der Waals surface area contributed by atoms with Gasteiger partial charge in [0.1, 0.15) is 0 Å². The van der Waals surface area contributed by atoms with Crippen molar-refractivity contribution in [3.05, 3.63) is 28.8 Å². The van der Waals surface area contributed by atoms with Gasteiger partial charge >= 0.3 is 0 Å². The fraction of sp³-hybridized carbons (Fsp3) is 0.364. The first-order chi connectivity index (χ1) is 6.54. The minimum absolute atomic E-state index is 0.486. The monoisotopic (exact) mass is 192 g/mol. The second-order valence-electron chi connectivity index (χ2n) is 3.47. The zero-order valence-corrected chi connectivity index (χ0v) is 8.68. The summed E-state index contributed by atoms with van der Waals surface area (Å²) >= 11 is 0. The number of carbonyl (C=O) groups excluding carboxylic acids is 1. The Hall–Kier alpha value is -1.35. The normalized spacial score (nSPS) is 10.0. The molecule has 1 aromatic rings. The van der Waals surface area contributed by atoms with Gasteiger partial charge in [-0.3, -0.25) is 4.79 Å². The number of aryl methyl sites for hydroxylation is 3. The summed E-state index contributed by atoms with van der Waals surface area (Å²) in [5.74, 6) is -0.486. The smallest absolute Gasteiger partial charge is 0.253 e. The molecule has 0 aromatic heterocycles. The minimum atomic E-state index is -0.729. The Bertz CT molecular complexity index is 335. The van der Waals surface area contributed by atoms with Crippen molar-refractivity contribution < 1.29 is 9.90 Å². The summed E-state index contributed by atoms with van der Waals surface area (Å²) < 4.78 is 0. The quantitative estimate of drug-likeness (QED) is 0.765. The Balaban J connectivity index is 3.02. The second-order valence-corrected chi connectivity index (χ2v) is 3.47. The van der Waals surface area contributed by atoms with Gasteiger partial charge < -0.3 is 5.32 Å². The summed E-state index contributed by atoms with van der Waals surface area (Å²) in [4.78, 5) is 10.9. The van der Waals surface area contributed by atoms with Gasteiger partial charge in [0, 0.05) is 5.69 Å². The summed E-state index contributed by atoms with van der Waals surface area (Å²) in [6.07, 6.45) is 0. The second kappa shape index (κ2) is 4.24. The summed E-state index contributed by atoms with van der Waals surface area (Å²) in [5.41, 5.74) is 3.89. The average Bonchev–Trinajstić information content (AvgIpc) is 2.10. The largest absolute Gasteiger partial charge is 0.323 e. The van der Waals surface area contributed by atoms with E-state index in [1.54, 1.807) is 0 Å². The molecule has 0 heterocycles. The van der Waals surface area contributed by atoms with Crippen LogP contribution in [-0.2, 0) is 9.90 Å². The van der Waals surface area contributed by atoms with Crippen molar-refractivity contribution in [1.29, 1.82) is 0 Å². The minimum Gasteiger partial charge on any atom is -0.323 e. The lowest BCUT2D eigenvalue weighted by Crippen LogP contribution is -2.16. The van der Waals surface area contributed by atoms with Gasteiger partial charge in [0.05, 0.1) is 0 Å². The highest BCUT2D eigenvalue weighted by atomic mass is 16.3. The van der Waals surface area contributed by atoms with Gasteiger partial charge in [-0.25, -0.2) is 5.11 Å². The van der Waals surface area contributed by atoms with Crippen LogP contribution >= 0.6 is 0 Å². The van der Waals surface area contributed by atoms with Crippen LogP contribution < -0.4 is 5.32 Å². The maximum atomic E-state index is 10.9. The molecule has 0 saturated heterocycles. The Labute approximate surface area is 83.8 Å². The number of nitrogens with one attached hydrogen (secondary N) is 1. The van der Waals surface area contributed by atoms with Crippen LogP contribution in [0, 0.1) is 20.8 Å². The number of carbonyl (C=O) groups is 1. The molecule has 14 heavy (non-hydrogen) atoms. The van der Waals surface area contributed by atoms with Gasteiger partial charge in [-0.2, -0.15) is 0 Å². The molecule has 1 aromatic carbocycles. The van der Waals surface area contributed by atoms with Crippen LogP contribution in [0.15, 0.2) is 12.1 Å². The molecular formula is C11H14NO2. The van der Waals surface area contributed by atoms with E-state index in [1.807, 2.05) is 32.9 Å². The average molecular weight is 192 g/mol. The molecule has 0 aliphatic heterocycles. The number of rotatable bonds is 2. The molecular weight excluding hydrogens is 178 g/mol. The first-order valence-corrected chi connectivity index (χ1v) is 4.50. The zero-order valence-electron chi connectivity index (χ0n) is 8.68. The zero-order chi connectivity index (χ0) is 10.7. The molecule has 0 atom stereocenters. The van der Waals surface area contributed by atoms with Gasteiger partial charge in [-0.1, -0.05) is 17.7 Å². The van der Waals surface area contributed by atoms with Crippen molar-refractivity contribution in [2.24, 2.45) is 0 Å². The van der Waals surface area contributed by atoms with Crippen molar-refractivity contribution in [2.75, 3.05) is 11.9 Å². The van der Waals surface area contributed by atoms with Crippen LogP contribution in [0.5, 0.6) is 0 Å². The van der Waals surface area contributed by atoms with Crippen LogP contribution in [0.1, 0.15) is 16.7 Å². The van der Waals surface area contributed by atoms with Gasteiger partial charge in [-0.05, 0) is 31.9 Å². The highest BCUT2D eigenvalue weighted by Crippen LogP contribution is 2.21. The molecule has 75 valence electrons. The third-order valence-corrected chi connectivity index (χ3v) is 2.07. The van der Waals surface area contributed by atoms with Crippen molar-refractivity contribution in [1.82, 2.24) is 0 Å². The van der Waals surface area contributed by atoms with Crippen LogP contribution in [0.3, 0.4) is 0 Å². The number of amides is 1. The number of anilines is 1. The van der Waals surface area contributed by atoms with Crippen LogP contribution in [0.4, 0.5) is 5.69 Å². The number of benzene rings is 1. The Morgan fingerprint density at radius 2 is 1.71 bits per heavy atom. The van der Waals surface area contributed by atoms with E-state index in [2.05, 4.69) is 5.32 Å². The number of hydrogen-bond acceptors (Lipinski definition) is 1. The summed E-state index contributed by atoms with van der Waals surface area (Å²) in [6, 6.07) is 3.96. The maximum absolute atomic E-state index is 10.9. The van der Waals surface area contributed by atoms with Crippen molar-refractivity contribution in [2.45, 2.75) is 20.8 Å². The van der Waals surface area contributed by atoms with E-state index in [4.69, 9.17) is 0 Å². The lowest BCUT2D eigenvalue weighted by molar-refractivity contribution is -0.120. The summed E-state index contributed by atoms with van der Waals surface area (Å²) in [7, 11) is 0. The third-order valence-electron chi connectivity index (χ3n) is 2.07. The van der Waals surface area contributed by atoms with E-state index in [9.17, 15) is 9.90 Å². The SMILES string of the molecule is Cc1cc(C)c(NC(=O)C[O])c(C)c1. The Morgan fingerprint density at radius 1 is 1.21 bits per heavy atom. The first-order valence-electron chi connectivity index (χ1n) is 4.50. The van der Waals surface area contributed by atoms with Gasteiger partial charge in [0.2, 0.25) is 0 Å². The first kappa shape index (κ1) is 10.7. The van der Waals surface area contributed by atoms with Crippen molar-refractivity contribution in [3.63, 3.8) is 0 Å². The van der Waals surface area contributed by atoms with Gasteiger partial charge in [0.15, 0.2) is 6.61 Å². The summed E-state index contributed by atoms with van der Waals surface area (Å²) in [5, 5.41) is 12.9. The Kier molecular flexibility index (Phi) is 3.25. The molecule has 1 amide bonds. The van der Waals surface area contributed by atoms with E-state index < -0.39 is 12.5 Å². The predicted octanol–water partition coefficient (Wildman–Crippen LogP) is 1.98. The highest BCUT2D eigenvalue weighted by Gasteiger charge is 2.06. The molecule has 0 saturated carbocycles. The molecule has 0 unspecified atom stereocenters. The van der Waals surface area contributed by atoms with Crippen LogP contribution in [0.25, 0.3) is 0 Å². The van der Waals surface area contributed by atoms with Gasteiger partial charge in [0.25, 0.3) is 5.91 Å². The maximum Gasteiger partial charge on any atom is 0.253 e. The molecule has 0 aliphatic carbocycles. The Morgan fingerprint density at radius 3 is 2.14 bits per heavy atom. The molecule has 1 rings (SSSR count). The molecule has 1 N–H and O–H groups in total. The molecule has 1 radical (unpaired) electrons. The van der Waals surface area contributed by atoms with Crippen LogP contribution in [-0.4, -0.2) is 12.5 Å². The fourth-order valence-electron chi connectivity index (χ4n) is 1.55. The molecule has 3 heteroatoms. The van der Waals surface area contributed by atoms with E-state index in [1.165, 1.54) is 0 Å². The van der Waals surface area contributed by atoms with Gasteiger partial charge in [-0.15, -0.1) is 0 Å². The van der Waals surface area contributed by atoms with E-state index in [-0.39, 0.29) is 0 Å². The lowest BCUT2D eigenvalue weighted by atomic mass is 10.1. The molecule has 0 fully saturated rings.